The zero-order chi connectivity index (χ0) is 39.3. The number of rotatable bonds is 29. The zero-order valence-corrected chi connectivity index (χ0v) is 40.8. The highest BCUT2D eigenvalue weighted by Gasteiger charge is 2.66. The Balaban J connectivity index is 7.93. The first-order valence-corrected chi connectivity index (χ1v) is 29.9. The summed E-state index contributed by atoms with van der Waals surface area (Å²) in [5, 5.41) is 3.71. The third kappa shape index (κ3) is 10.6. The summed E-state index contributed by atoms with van der Waals surface area (Å²) in [6.07, 6.45) is 14.3. The van der Waals surface area contributed by atoms with Crippen LogP contribution < -0.4 is 11.1 Å². The maximum absolute atomic E-state index is 8.44. The molecule has 5 nitrogen and oxygen atoms in total. The van der Waals surface area contributed by atoms with Gasteiger partial charge in [0.25, 0.3) is 0 Å². The topological polar surface area (TPSA) is 65.7 Å². The molecule has 0 heterocycles. The summed E-state index contributed by atoms with van der Waals surface area (Å²) < 4.78 is 23.8. The quantitative estimate of drug-likeness (QED) is 0.0587. The minimum absolute atomic E-state index is 0.0412. The second kappa shape index (κ2) is 20.4. The van der Waals surface area contributed by atoms with Crippen LogP contribution in [0.4, 0.5) is 0 Å². The molecule has 3 N–H and O–H groups in total. The van der Waals surface area contributed by atoms with E-state index in [-0.39, 0.29) is 31.9 Å². The highest BCUT2D eigenvalue weighted by molar-refractivity contribution is 6.78. The second-order valence-electron chi connectivity index (χ2n) is 18.4. The number of nitrogens with one attached hydrogen (secondary N) is 1. The van der Waals surface area contributed by atoms with Crippen LogP contribution in [0.3, 0.4) is 0 Å². The Morgan fingerprint density at radius 1 is 0.540 bits per heavy atom. The summed E-state index contributed by atoms with van der Waals surface area (Å²) in [6.45, 7) is 49.1. The van der Waals surface area contributed by atoms with E-state index < -0.39 is 25.0 Å². The molecule has 8 heteroatoms. The van der Waals surface area contributed by atoms with Gasteiger partial charge >= 0.3 is 0 Å². The number of hydrogen-bond acceptors (Lipinski definition) is 5. The van der Waals surface area contributed by atoms with Gasteiger partial charge in [-0.25, -0.2) is 0 Å². The van der Waals surface area contributed by atoms with Gasteiger partial charge in [-0.3, -0.25) is 0 Å². The molecule has 302 valence electrons. The van der Waals surface area contributed by atoms with Crippen LogP contribution in [0.2, 0.25) is 53.9 Å². The highest BCUT2D eigenvalue weighted by atomic mass is 28.4. The smallest absolute Gasteiger partial charge is 0.199 e. The predicted octanol–water partition coefficient (Wildman–Crippen LogP) is 13.4. The normalized spacial score (nSPS) is 18.7. The van der Waals surface area contributed by atoms with Crippen LogP contribution in [0.1, 0.15) is 180 Å². The molecule has 0 aromatic heterocycles. The summed E-state index contributed by atoms with van der Waals surface area (Å²) in [7, 11) is -7.11. The Kier molecular flexibility index (Phi) is 20.6. The molecule has 0 bridgehead atoms. The lowest BCUT2D eigenvalue weighted by atomic mass is 9.80. The summed E-state index contributed by atoms with van der Waals surface area (Å²) in [5.74, 6) is 0. The third-order valence-electron chi connectivity index (χ3n) is 15.4. The SMILES string of the molecule is CCCCC(C)(O[Si](C)(CCCNCCN)C(C)(CCC)C(C)(CC)O[Si](C)(C)C(C)(CC)CC)C(CC)(CC)[Si](C)(C)OC(C)(CC)CC. The Morgan fingerprint density at radius 3 is 1.48 bits per heavy atom. The molecule has 0 aliphatic heterocycles. The second-order valence-corrected chi connectivity index (χ2v) is 31.3. The van der Waals surface area contributed by atoms with E-state index in [0.717, 1.165) is 89.8 Å². The van der Waals surface area contributed by atoms with Crippen molar-refractivity contribution in [2.45, 2.75) is 251 Å². The summed E-state index contributed by atoms with van der Waals surface area (Å²) in [4.78, 5) is 0. The molecular weight excluding hydrogens is 665 g/mol. The summed E-state index contributed by atoms with van der Waals surface area (Å²) >= 11 is 0. The van der Waals surface area contributed by atoms with E-state index in [1.54, 1.807) is 0 Å². The van der Waals surface area contributed by atoms with E-state index in [9.17, 15) is 0 Å². The number of unbranched alkanes of at least 4 members (excludes halogenated alkanes) is 1. The van der Waals surface area contributed by atoms with Crippen LogP contribution in [0, 0.1) is 0 Å². The van der Waals surface area contributed by atoms with E-state index in [1.807, 2.05) is 0 Å². The monoisotopic (exact) mass is 759 g/mol. The minimum atomic E-state index is -2.61. The number of nitrogens with two attached hydrogens (primary N) is 1. The average Bonchev–Trinajstić information content (AvgIpc) is 3.06. The van der Waals surface area contributed by atoms with Gasteiger partial charge < -0.3 is 24.3 Å². The fraction of sp³-hybridized carbons (Fsp3) is 1.00. The average molecular weight is 759 g/mol. The lowest BCUT2D eigenvalue weighted by molar-refractivity contribution is -0.0403. The van der Waals surface area contributed by atoms with Gasteiger partial charge in [0.15, 0.2) is 25.0 Å². The molecule has 0 aliphatic carbocycles. The molecule has 0 spiro atoms. The molecule has 50 heavy (non-hydrogen) atoms. The van der Waals surface area contributed by atoms with Crippen molar-refractivity contribution in [2.24, 2.45) is 5.73 Å². The van der Waals surface area contributed by atoms with Gasteiger partial charge in [-0.15, -0.1) is 0 Å². The highest BCUT2D eigenvalue weighted by Crippen LogP contribution is 2.64. The Hall–Kier alpha value is 0.451. The maximum atomic E-state index is 8.44. The Labute approximate surface area is 318 Å². The third-order valence-corrected chi connectivity index (χ3v) is 29.9. The van der Waals surface area contributed by atoms with Crippen LogP contribution in [0.15, 0.2) is 0 Å². The van der Waals surface area contributed by atoms with Crippen LogP contribution in [0.25, 0.3) is 0 Å². The molecule has 0 aromatic rings. The van der Waals surface area contributed by atoms with Gasteiger partial charge in [-0.1, -0.05) is 108 Å². The molecule has 0 saturated carbocycles. The van der Waals surface area contributed by atoms with Gasteiger partial charge in [0.1, 0.15) is 0 Å². The van der Waals surface area contributed by atoms with Crippen molar-refractivity contribution in [1.29, 1.82) is 0 Å². The van der Waals surface area contributed by atoms with Gasteiger partial charge in [0, 0.05) is 23.2 Å². The first kappa shape index (κ1) is 50.5. The van der Waals surface area contributed by atoms with Crippen molar-refractivity contribution in [3.05, 3.63) is 0 Å². The van der Waals surface area contributed by atoms with Crippen molar-refractivity contribution >= 4 is 25.0 Å². The minimum Gasteiger partial charge on any atom is -0.412 e. The van der Waals surface area contributed by atoms with Crippen LogP contribution in [0.5, 0.6) is 0 Å². The van der Waals surface area contributed by atoms with E-state index >= 15 is 0 Å². The van der Waals surface area contributed by atoms with Gasteiger partial charge in [-0.2, -0.15) is 0 Å². The molecule has 0 amide bonds. The largest absolute Gasteiger partial charge is 0.412 e. The first-order valence-electron chi connectivity index (χ1n) is 21.5. The van der Waals surface area contributed by atoms with Crippen molar-refractivity contribution < 1.29 is 13.3 Å². The number of hydrogen-bond donors (Lipinski definition) is 2. The lowest BCUT2D eigenvalue weighted by Crippen LogP contribution is -2.67. The van der Waals surface area contributed by atoms with Crippen molar-refractivity contribution in [3.63, 3.8) is 0 Å². The molecule has 0 rings (SSSR count). The molecule has 0 aromatic carbocycles. The lowest BCUT2D eigenvalue weighted by Gasteiger charge is -2.64. The van der Waals surface area contributed by atoms with E-state index in [2.05, 4.69) is 135 Å². The van der Waals surface area contributed by atoms with Crippen molar-refractivity contribution in [2.75, 3.05) is 19.6 Å². The summed E-state index contributed by atoms with van der Waals surface area (Å²) in [5.41, 5.74) is 5.19. The molecule has 0 saturated heterocycles. The van der Waals surface area contributed by atoms with Gasteiger partial charge in [0.2, 0.25) is 0 Å². The fourth-order valence-electron chi connectivity index (χ4n) is 10.2. The molecule has 4 atom stereocenters. The first-order chi connectivity index (χ1) is 23.0. The summed E-state index contributed by atoms with van der Waals surface area (Å²) in [6, 6.07) is 1.11. The fourth-order valence-corrected chi connectivity index (χ4v) is 23.8. The van der Waals surface area contributed by atoms with Crippen LogP contribution in [-0.2, 0) is 13.3 Å². The Morgan fingerprint density at radius 2 is 1.08 bits per heavy atom. The van der Waals surface area contributed by atoms with Crippen LogP contribution in [-0.4, -0.2) is 61.4 Å². The Bertz CT molecular complexity index is 953. The molecule has 0 fully saturated rings. The predicted molar refractivity (Wildman–Crippen MR) is 232 cm³/mol. The molecule has 0 radical (unpaired) electrons. The van der Waals surface area contributed by atoms with E-state index in [4.69, 9.17) is 19.0 Å². The standard InChI is InChI=1S/C42H94N2O3Si3/c1-20-29-32-40(13,42(27-8,28-9)49(17,18)45-37(10,22-3)23-4)47-50(19,36-30-34-44-35-33-43)41(14,31-21-2)39(12,26-7)46-48(15,16)38(11,24-5)25-6/h44H,20-36,43H2,1-19H3. The molecule has 4 unspecified atom stereocenters. The molecule has 0 aliphatic rings. The van der Waals surface area contributed by atoms with Crippen molar-refractivity contribution in [3.8, 4) is 0 Å². The van der Waals surface area contributed by atoms with Gasteiger partial charge in [0.05, 0.1) is 16.8 Å². The molecular formula is C42H94N2O3Si3. The van der Waals surface area contributed by atoms with Gasteiger partial charge in [-0.05, 0) is 122 Å². The van der Waals surface area contributed by atoms with Crippen molar-refractivity contribution in [1.82, 2.24) is 5.32 Å². The maximum Gasteiger partial charge on any atom is 0.199 e. The van der Waals surface area contributed by atoms with E-state index in [1.165, 1.54) is 12.8 Å². The zero-order valence-electron chi connectivity index (χ0n) is 37.8. The van der Waals surface area contributed by atoms with E-state index in [0.29, 0.717) is 6.54 Å². The van der Waals surface area contributed by atoms with Crippen LogP contribution >= 0.6 is 0 Å².